The number of hydrogen-bond acceptors (Lipinski definition) is 5. The molecule has 47 heavy (non-hydrogen) atoms. The Morgan fingerprint density at radius 1 is 0.745 bits per heavy atom. The lowest BCUT2D eigenvalue weighted by Gasteiger charge is -2.17. The van der Waals surface area contributed by atoms with Crippen molar-refractivity contribution in [2.45, 2.75) is 65.7 Å². The van der Waals surface area contributed by atoms with Crippen LogP contribution < -0.4 is 21.6 Å². The minimum atomic E-state index is -3.67. The molecule has 0 fully saturated rings. The minimum Gasteiger partial charge on any atom is -0.398 e. The number of benzene rings is 2. The highest BCUT2D eigenvalue weighted by molar-refractivity contribution is 7.92. The normalized spacial score (nSPS) is 14.4. The monoisotopic (exact) mass is 750 g/mol. The summed E-state index contributed by atoms with van der Waals surface area (Å²) in [4.78, 5) is 25.1. The second-order valence-corrected chi connectivity index (χ2v) is 15.1. The van der Waals surface area contributed by atoms with Gasteiger partial charge in [-0.3, -0.25) is 23.7 Å². The average molecular weight is 752 g/mol. The molecule has 0 radical (unpaired) electrons. The van der Waals surface area contributed by atoms with Crippen LogP contribution in [0.1, 0.15) is 39.5 Å². The molecule has 3 N–H and O–H groups in total. The summed E-state index contributed by atoms with van der Waals surface area (Å²) in [7, 11) is -3.67. The van der Waals surface area contributed by atoms with Gasteiger partial charge < -0.3 is 5.73 Å². The highest BCUT2D eigenvalue weighted by Gasteiger charge is 2.27. The highest BCUT2D eigenvalue weighted by atomic mass is 35.5. The van der Waals surface area contributed by atoms with Gasteiger partial charge in [-0.05, 0) is 55.9 Å². The number of rotatable bonds is 6. The molecule has 254 valence electrons. The molecule has 0 saturated heterocycles. The van der Waals surface area contributed by atoms with Gasteiger partial charge in [-0.15, -0.1) is 0 Å². The van der Waals surface area contributed by atoms with Crippen LogP contribution in [0.5, 0.6) is 0 Å². The van der Waals surface area contributed by atoms with Gasteiger partial charge in [0.1, 0.15) is 21.9 Å². The van der Waals surface area contributed by atoms with Crippen molar-refractivity contribution >= 4 is 67.8 Å². The van der Waals surface area contributed by atoms with Crippen LogP contribution in [-0.2, 0) is 36.2 Å². The van der Waals surface area contributed by atoms with E-state index in [0.717, 1.165) is 37.8 Å². The number of sulfonamides is 1. The van der Waals surface area contributed by atoms with E-state index in [1.165, 1.54) is 16.8 Å². The van der Waals surface area contributed by atoms with Crippen LogP contribution in [0.3, 0.4) is 0 Å². The molecule has 17 heteroatoms. The summed E-state index contributed by atoms with van der Waals surface area (Å²) in [5.41, 5.74) is 5.39. The van der Waals surface area contributed by atoms with Gasteiger partial charge in [0.25, 0.3) is 11.1 Å². The summed E-state index contributed by atoms with van der Waals surface area (Å²) in [6, 6.07) is 4.67. The minimum absolute atomic E-state index is 0.0111. The first-order valence-electron chi connectivity index (χ1n) is 14.8. The van der Waals surface area contributed by atoms with Crippen molar-refractivity contribution in [3.63, 3.8) is 0 Å². The Labute approximate surface area is 289 Å². The van der Waals surface area contributed by atoms with Crippen molar-refractivity contribution in [1.82, 2.24) is 18.7 Å². The van der Waals surface area contributed by atoms with Crippen LogP contribution in [0.4, 0.5) is 20.2 Å². The zero-order chi connectivity index (χ0) is 34.4. The zero-order valence-corrected chi connectivity index (χ0v) is 29.3. The van der Waals surface area contributed by atoms with Crippen LogP contribution in [0.15, 0.2) is 33.9 Å². The Hall–Kier alpha value is -2.97. The van der Waals surface area contributed by atoms with Crippen molar-refractivity contribution in [3.8, 4) is 22.3 Å². The van der Waals surface area contributed by atoms with Gasteiger partial charge >= 0.3 is 0 Å². The number of aromatic nitrogens is 4. The smallest absolute Gasteiger partial charge is 0.276 e. The number of nitrogen functional groups attached to an aromatic ring is 1. The average Bonchev–Trinajstić information content (AvgIpc) is 3.40. The van der Waals surface area contributed by atoms with Gasteiger partial charge in [-0.1, -0.05) is 60.3 Å². The maximum Gasteiger partial charge on any atom is 0.276 e. The SMILES string of the molecule is CC(C)CS(=O)(=O)Nc1cc(-c2c(Cl)n3n(c2=O)CCCC3)c(F)cc1Cl.Nc1cc(-c2c(Cl)n3n(c2=O)CCCC3)c(F)cc1Cl. The first-order chi connectivity index (χ1) is 22.1. The molecule has 10 nitrogen and oxygen atoms in total. The second-order valence-electron chi connectivity index (χ2n) is 11.8. The predicted molar refractivity (Wildman–Crippen MR) is 183 cm³/mol. The molecule has 0 atom stereocenters. The fourth-order valence-corrected chi connectivity index (χ4v) is 8.31. The summed E-state index contributed by atoms with van der Waals surface area (Å²) in [5.74, 6) is -1.56. The van der Waals surface area contributed by atoms with E-state index in [2.05, 4.69) is 4.72 Å². The van der Waals surface area contributed by atoms with Crippen LogP contribution in [0.25, 0.3) is 22.3 Å². The Bertz CT molecular complexity index is 2090. The Kier molecular flexibility index (Phi) is 10.4. The molecular weight excluding hydrogens is 720 g/mol. The van der Waals surface area contributed by atoms with Crippen molar-refractivity contribution in [2.75, 3.05) is 16.2 Å². The molecule has 0 unspecified atom stereocenters. The summed E-state index contributed by atoms with van der Waals surface area (Å²) in [6.07, 6.45) is 3.56. The quantitative estimate of drug-likeness (QED) is 0.204. The van der Waals surface area contributed by atoms with E-state index in [-0.39, 0.29) is 71.2 Å². The van der Waals surface area contributed by atoms with Gasteiger partial charge in [0.15, 0.2) is 0 Å². The summed E-state index contributed by atoms with van der Waals surface area (Å²) in [6.45, 7) is 5.84. The Morgan fingerprint density at radius 2 is 1.17 bits per heavy atom. The topological polar surface area (TPSA) is 126 Å². The van der Waals surface area contributed by atoms with Crippen LogP contribution in [0.2, 0.25) is 20.4 Å². The van der Waals surface area contributed by atoms with Gasteiger partial charge in [-0.25, -0.2) is 26.6 Å². The number of anilines is 2. The first-order valence-corrected chi connectivity index (χ1v) is 18.0. The van der Waals surface area contributed by atoms with Gasteiger partial charge in [0.2, 0.25) is 10.0 Å². The Morgan fingerprint density at radius 3 is 1.62 bits per heavy atom. The summed E-state index contributed by atoms with van der Waals surface area (Å²) in [5, 5.41) is 0.405. The molecule has 6 rings (SSSR count). The number of hydrogen-bond donors (Lipinski definition) is 2. The molecule has 2 aliphatic heterocycles. The van der Waals surface area contributed by atoms with Gasteiger partial charge in [0.05, 0.1) is 38.3 Å². The fraction of sp³-hybridized carbons (Fsp3) is 0.400. The van der Waals surface area contributed by atoms with E-state index in [0.29, 0.717) is 26.2 Å². The van der Waals surface area contributed by atoms with E-state index in [9.17, 15) is 26.8 Å². The van der Waals surface area contributed by atoms with E-state index >= 15 is 0 Å². The number of fused-ring (bicyclic) bond motifs is 2. The third-order valence-corrected chi connectivity index (χ3v) is 10.9. The zero-order valence-electron chi connectivity index (χ0n) is 25.4. The fourth-order valence-electron chi connectivity index (χ4n) is 5.73. The largest absolute Gasteiger partial charge is 0.398 e. The molecule has 0 spiro atoms. The first kappa shape index (κ1) is 35.3. The number of halogens is 6. The number of nitrogens with one attached hydrogen (secondary N) is 1. The lowest BCUT2D eigenvalue weighted by molar-refractivity contribution is 0.356. The molecule has 2 aromatic carbocycles. The summed E-state index contributed by atoms with van der Waals surface area (Å²) < 4.78 is 61.9. The van der Waals surface area contributed by atoms with E-state index in [1.54, 1.807) is 27.9 Å². The number of nitrogens with zero attached hydrogens (tertiary/aromatic N) is 4. The third kappa shape index (κ3) is 7.10. The van der Waals surface area contributed by atoms with E-state index in [1.807, 2.05) is 0 Å². The lowest BCUT2D eigenvalue weighted by atomic mass is 10.1. The standard InChI is InChI=1S/C17H20Cl2FN3O3S.C13H12Cl2FN3O/c1-10(2)9-27(25,26)21-14-7-11(13(20)8-12(14)18)15-16(19)22-5-3-4-6-23(22)17(15)24;14-8-6-9(16)7(5-10(8)17)11-12(15)18-3-1-2-4-19(18)13(11)20/h7-8,10,21H,3-6,9H2,1-2H3;5-6H,1-4,17H2. The van der Waals surface area contributed by atoms with E-state index < -0.39 is 27.2 Å². The predicted octanol–water partition coefficient (Wildman–Crippen LogP) is 7.09. The highest BCUT2D eigenvalue weighted by Crippen LogP contribution is 2.36. The number of nitrogens with two attached hydrogens (primary N) is 1. The lowest BCUT2D eigenvalue weighted by Crippen LogP contribution is -2.27. The maximum absolute atomic E-state index is 14.6. The van der Waals surface area contributed by atoms with Gasteiger partial charge in [0, 0.05) is 37.3 Å². The van der Waals surface area contributed by atoms with Gasteiger partial charge in [-0.2, -0.15) is 0 Å². The van der Waals surface area contributed by atoms with Crippen LogP contribution in [0, 0.1) is 17.6 Å². The molecule has 0 aliphatic carbocycles. The van der Waals surface area contributed by atoms with E-state index in [4.69, 9.17) is 52.1 Å². The maximum atomic E-state index is 14.6. The molecule has 0 saturated carbocycles. The third-order valence-electron chi connectivity index (χ3n) is 7.82. The molecule has 0 amide bonds. The molecular formula is C30H32Cl4F2N6O4S. The molecule has 2 aliphatic rings. The van der Waals surface area contributed by atoms with Crippen LogP contribution >= 0.6 is 46.4 Å². The van der Waals surface area contributed by atoms with Crippen molar-refractivity contribution in [3.05, 3.63) is 77.0 Å². The van der Waals surface area contributed by atoms with Crippen molar-refractivity contribution in [2.24, 2.45) is 5.92 Å². The van der Waals surface area contributed by atoms with Crippen LogP contribution in [-0.4, -0.2) is 32.9 Å². The second kappa shape index (κ2) is 13.9. The van der Waals surface area contributed by atoms with Crippen molar-refractivity contribution in [1.29, 1.82) is 0 Å². The Balaban J connectivity index is 0.000000193. The molecule has 4 aromatic rings. The molecule has 4 heterocycles. The summed E-state index contributed by atoms with van der Waals surface area (Å²) >= 11 is 24.4. The molecule has 2 aromatic heterocycles. The van der Waals surface area contributed by atoms with Crippen molar-refractivity contribution < 1.29 is 17.2 Å². The molecule has 0 bridgehead atoms.